The topological polar surface area (TPSA) is 73.7 Å². The lowest BCUT2D eigenvalue weighted by Crippen LogP contribution is -2.68. The number of aliphatic hydroxyl groups excluding tert-OH is 2. The summed E-state index contributed by atoms with van der Waals surface area (Å²) >= 11 is 1.83. The number of hydrogen-bond donors (Lipinski definition) is 2. The minimum Gasteiger partial charge on any atom is -0.392 e. The third-order valence-corrected chi connectivity index (χ3v) is 11.0. The lowest BCUT2D eigenvalue weighted by Gasteiger charge is -2.64. The van der Waals surface area contributed by atoms with Crippen LogP contribution in [0.1, 0.15) is 77.3 Å². The number of nitrogens with zero attached hydrogens (tertiary/aromatic N) is 2. The molecule has 182 valence electrons. The lowest BCUT2D eigenvalue weighted by atomic mass is 9.40. The van der Waals surface area contributed by atoms with Gasteiger partial charge in [-0.15, -0.1) is 11.3 Å². The highest BCUT2D eigenvalue weighted by molar-refractivity contribution is 7.15. The predicted octanol–water partition coefficient (Wildman–Crippen LogP) is 4.50. The third-order valence-electron chi connectivity index (χ3n) is 9.91. The summed E-state index contributed by atoms with van der Waals surface area (Å²) in [5, 5.41) is 24.0. The minimum absolute atomic E-state index is 0.0443. The van der Waals surface area contributed by atoms with E-state index in [1.807, 2.05) is 11.3 Å². The number of anilines is 1. The highest BCUT2D eigenvalue weighted by Crippen LogP contribution is 2.70. The largest absolute Gasteiger partial charge is 0.392 e. The third kappa shape index (κ3) is 2.83. The molecule has 6 heteroatoms. The molecule has 4 aliphatic carbocycles. The Hall–Kier alpha value is -1.24. The van der Waals surface area contributed by atoms with Gasteiger partial charge in [-0.1, -0.05) is 41.2 Å². The van der Waals surface area contributed by atoms with E-state index in [1.54, 1.807) is 0 Å². The summed E-state index contributed by atoms with van der Waals surface area (Å²) in [6.45, 7) is 17.4. The Morgan fingerprint density at radius 1 is 1.12 bits per heavy atom. The van der Waals surface area contributed by atoms with Gasteiger partial charge in [-0.3, -0.25) is 4.79 Å². The summed E-state index contributed by atoms with van der Waals surface area (Å²) in [5.74, 6) is -0.103. The van der Waals surface area contributed by atoms with Gasteiger partial charge < -0.3 is 15.1 Å². The van der Waals surface area contributed by atoms with Crippen LogP contribution in [0.15, 0.2) is 12.2 Å². The Morgan fingerprint density at radius 2 is 1.79 bits per heavy atom. The Kier molecular flexibility index (Phi) is 5.43. The number of Topliss-reactive ketones (excluding diaryl/α,β-unsaturated/α-hetero) is 1. The maximum atomic E-state index is 13.6. The molecule has 2 N–H and O–H groups in total. The molecule has 1 aromatic rings. The fourth-order valence-electron chi connectivity index (χ4n) is 8.59. The van der Waals surface area contributed by atoms with Gasteiger partial charge >= 0.3 is 0 Å². The lowest BCUT2D eigenvalue weighted by molar-refractivity contribution is -0.212. The molecule has 0 aromatic carbocycles. The second-order valence-corrected chi connectivity index (χ2v) is 13.0. The molecule has 0 amide bonds. The van der Waals surface area contributed by atoms with Crippen LogP contribution in [0.2, 0.25) is 0 Å². The number of rotatable bonds is 5. The van der Waals surface area contributed by atoms with E-state index in [-0.39, 0.29) is 34.4 Å². The van der Waals surface area contributed by atoms with E-state index in [9.17, 15) is 15.0 Å². The van der Waals surface area contributed by atoms with Crippen LogP contribution < -0.4 is 4.90 Å². The predicted molar refractivity (Wildman–Crippen MR) is 133 cm³/mol. The van der Waals surface area contributed by atoms with Crippen molar-refractivity contribution < 1.29 is 15.0 Å². The summed E-state index contributed by atoms with van der Waals surface area (Å²) in [6.07, 6.45) is 3.60. The number of carbonyl (C=O) groups is 1. The molecule has 5 rings (SSSR count). The molecular formula is C27H40N2O3S. The van der Waals surface area contributed by atoms with E-state index >= 15 is 0 Å². The Balaban J connectivity index is 1.61. The fourth-order valence-corrected chi connectivity index (χ4v) is 10.0. The van der Waals surface area contributed by atoms with Crippen LogP contribution in [-0.2, 0) is 16.6 Å². The van der Waals surface area contributed by atoms with Crippen molar-refractivity contribution in [3.63, 3.8) is 0 Å². The Bertz CT molecular complexity index is 980. The standard InChI is InChI=1S/C27H40N2O3S/c1-7-11-29(12-8-2)24-28-21-17(33-24)14-26(6)18-10-9-16-15(3)22(31)27(18,23(16)32)20(30)13-19(26)25(21,4)5/h16,18-20,23,30,32H,3,7-14H2,1-2,4-6H3/t16-,18-,19+,20+,23+,26-,27-/m0/s1. The molecule has 0 aliphatic heterocycles. The second-order valence-electron chi connectivity index (χ2n) is 11.9. The van der Waals surface area contributed by atoms with E-state index in [0.29, 0.717) is 12.0 Å². The van der Waals surface area contributed by atoms with Gasteiger partial charge in [-0.25, -0.2) is 4.98 Å². The number of aliphatic hydroxyl groups is 2. The van der Waals surface area contributed by atoms with E-state index in [1.165, 1.54) is 10.6 Å². The van der Waals surface area contributed by atoms with Crippen LogP contribution in [0.3, 0.4) is 0 Å². The highest BCUT2D eigenvalue weighted by atomic mass is 32.1. The second kappa shape index (κ2) is 7.63. The molecular weight excluding hydrogens is 432 g/mol. The van der Waals surface area contributed by atoms with Crippen molar-refractivity contribution in [1.29, 1.82) is 0 Å². The van der Waals surface area contributed by atoms with Crippen LogP contribution in [0, 0.1) is 28.6 Å². The van der Waals surface area contributed by atoms with E-state index in [2.05, 4.69) is 46.1 Å². The summed E-state index contributed by atoms with van der Waals surface area (Å²) in [7, 11) is 0. The van der Waals surface area contributed by atoms with Crippen molar-refractivity contribution in [2.24, 2.45) is 28.6 Å². The summed E-state index contributed by atoms with van der Waals surface area (Å²) in [5.41, 5.74) is 0.262. The molecule has 0 saturated heterocycles. The van der Waals surface area contributed by atoms with Crippen molar-refractivity contribution in [1.82, 2.24) is 4.98 Å². The van der Waals surface area contributed by atoms with Crippen LogP contribution in [0.25, 0.3) is 0 Å². The van der Waals surface area contributed by atoms with Gasteiger partial charge in [0.05, 0.1) is 23.3 Å². The van der Waals surface area contributed by atoms with Gasteiger partial charge in [-0.05, 0) is 61.3 Å². The average Bonchev–Trinajstić information content (AvgIpc) is 3.22. The molecule has 33 heavy (non-hydrogen) atoms. The fraction of sp³-hybridized carbons (Fsp3) is 0.778. The van der Waals surface area contributed by atoms with Gasteiger partial charge in [0.15, 0.2) is 10.9 Å². The quantitative estimate of drug-likeness (QED) is 0.617. The van der Waals surface area contributed by atoms with Gasteiger partial charge in [0.1, 0.15) is 0 Å². The number of fused-ring (bicyclic) bond motifs is 4. The molecule has 7 atom stereocenters. The van der Waals surface area contributed by atoms with Gasteiger partial charge in [0, 0.05) is 29.3 Å². The zero-order valence-corrected chi connectivity index (χ0v) is 21.7. The van der Waals surface area contributed by atoms with E-state index < -0.39 is 17.6 Å². The summed E-state index contributed by atoms with van der Waals surface area (Å²) in [6, 6.07) is 0. The highest BCUT2D eigenvalue weighted by Gasteiger charge is 2.74. The van der Waals surface area contributed by atoms with Gasteiger partial charge in [-0.2, -0.15) is 0 Å². The van der Waals surface area contributed by atoms with Crippen molar-refractivity contribution in [3.05, 3.63) is 22.7 Å². The molecule has 0 unspecified atom stereocenters. The van der Waals surface area contributed by atoms with Crippen LogP contribution in [0.4, 0.5) is 5.13 Å². The summed E-state index contributed by atoms with van der Waals surface area (Å²) < 4.78 is 0. The molecule has 5 nitrogen and oxygen atoms in total. The molecule has 3 saturated carbocycles. The van der Waals surface area contributed by atoms with E-state index in [0.717, 1.165) is 50.3 Å². The average molecular weight is 473 g/mol. The maximum absolute atomic E-state index is 13.6. The molecule has 1 aromatic heterocycles. The molecule has 0 radical (unpaired) electrons. The number of carbonyl (C=O) groups excluding carboxylic acids is 1. The number of thiazole rings is 1. The molecule has 1 heterocycles. The van der Waals surface area contributed by atoms with Crippen LogP contribution in [0.5, 0.6) is 0 Å². The first-order valence-corrected chi connectivity index (χ1v) is 13.7. The van der Waals surface area contributed by atoms with Crippen LogP contribution in [-0.4, -0.2) is 46.3 Å². The van der Waals surface area contributed by atoms with Crippen molar-refractivity contribution in [2.45, 2.75) is 90.8 Å². The van der Waals surface area contributed by atoms with E-state index in [4.69, 9.17) is 4.98 Å². The van der Waals surface area contributed by atoms with Crippen molar-refractivity contribution >= 4 is 22.3 Å². The zero-order valence-electron chi connectivity index (χ0n) is 20.9. The molecule has 1 spiro atoms. The van der Waals surface area contributed by atoms with Gasteiger partial charge in [0.25, 0.3) is 0 Å². The molecule has 3 fully saturated rings. The van der Waals surface area contributed by atoms with Crippen LogP contribution >= 0.6 is 11.3 Å². The molecule has 4 aliphatic rings. The number of aromatic nitrogens is 1. The summed E-state index contributed by atoms with van der Waals surface area (Å²) in [4.78, 5) is 22.6. The first kappa shape index (κ1) is 23.5. The van der Waals surface area contributed by atoms with Crippen molar-refractivity contribution in [3.8, 4) is 0 Å². The normalized spacial score (nSPS) is 40.9. The zero-order chi connectivity index (χ0) is 23.9. The Morgan fingerprint density at radius 3 is 2.42 bits per heavy atom. The first-order valence-electron chi connectivity index (χ1n) is 12.9. The van der Waals surface area contributed by atoms with Gasteiger partial charge in [0.2, 0.25) is 0 Å². The maximum Gasteiger partial charge on any atom is 0.185 e. The monoisotopic (exact) mass is 472 g/mol. The Labute approximate surface area is 202 Å². The number of hydrogen-bond acceptors (Lipinski definition) is 6. The minimum atomic E-state index is -1.08. The van der Waals surface area contributed by atoms with Crippen molar-refractivity contribution in [2.75, 3.05) is 18.0 Å². The number of ketones is 1. The smallest absolute Gasteiger partial charge is 0.185 e. The molecule has 2 bridgehead atoms. The first-order chi connectivity index (χ1) is 15.5. The SMILES string of the molecule is C=C1C(=O)[C@@]23[C@H](O)C[C@@H]4C(C)(C)c5nc(N(CCC)CCC)sc5C[C@@]4(C)[C@@H]2CC[C@@H]1[C@H]3O.